The Morgan fingerprint density at radius 1 is 1.47 bits per heavy atom. The van der Waals surface area contributed by atoms with Crippen molar-refractivity contribution >= 4 is 11.7 Å². The van der Waals surface area contributed by atoms with Gasteiger partial charge in [-0.25, -0.2) is 9.18 Å². The third kappa shape index (κ3) is 3.82. The average Bonchev–Trinajstić information content (AvgIpc) is 2.28. The summed E-state index contributed by atoms with van der Waals surface area (Å²) in [6.07, 6.45) is 1.56. The molecule has 0 aromatic heterocycles. The first-order valence-electron chi connectivity index (χ1n) is 5.16. The fourth-order valence-electron chi connectivity index (χ4n) is 1.19. The number of esters is 1. The molecule has 0 saturated heterocycles. The lowest BCUT2D eigenvalue weighted by Gasteiger charge is -2.03. The van der Waals surface area contributed by atoms with E-state index < -0.39 is 22.4 Å². The Hall–Kier alpha value is -1.98. The van der Waals surface area contributed by atoms with E-state index >= 15 is 0 Å². The molecule has 0 amide bonds. The predicted octanol–water partition coefficient (Wildman–Crippen LogP) is 2.69. The minimum atomic E-state index is -0.832. The summed E-state index contributed by atoms with van der Waals surface area (Å²) >= 11 is 0. The van der Waals surface area contributed by atoms with E-state index in [9.17, 15) is 19.3 Å². The zero-order chi connectivity index (χ0) is 12.8. The van der Waals surface area contributed by atoms with E-state index in [1.165, 1.54) is 0 Å². The molecule has 0 saturated carbocycles. The molecule has 0 aliphatic heterocycles. The van der Waals surface area contributed by atoms with Crippen molar-refractivity contribution in [1.82, 2.24) is 0 Å². The van der Waals surface area contributed by atoms with Crippen molar-refractivity contribution in [3.63, 3.8) is 0 Å². The number of carbonyl (C=O) groups is 1. The maximum Gasteiger partial charge on any atom is 0.338 e. The summed E-state index contributed by atoms with van der Waals surface area (Å²) in [6, 6.07) is 2.67. The van der Waals surface area contributed by atoms with Crippen LogP contribution >= 0.6 is 0 Å². The number of carbonyl (C=O) groups excluding carboxylic acids is 1. The Bertz CT molecular complexity index is 433. The molecule has 0 fully saturated rings. The maximum atomic E-state index is 13.0. The lowest BCUT2D eigenvalue weighted by atomic mass is 10.2. The maximum absolute atomic E-state index is 13.0. The van der Waals surface area contributed by atoms with Gasteiger partial charge in [-0.3, -0.25) is 10.1 Å². The third-order valence-corrected chi connectivity index (χ3v) is 2.06. The summed E-state index contributed by atoms with van der Waals surface area (Å²) in [4.78, 5) is 21.2. The highest BCUT2D eigenvalue weighted by molar-refractivity contribution is 5.90. The molecule has 0 heterocycles. The van der Waals surface area contributed by atoms with Gasteiger partial charge in [-0.05, 0) is 12.5 Å². The van der Waals surface area contributed by atoms with Crippen molar-refractivity contribution < 1.29 is 18.8 Å². The van der Waals surface area contributed by atoms with Crippen molar-refractivity contribution in [3.8, 4) is 0 Å². The molecule has 5 nitrogen and oxygen atoms in total. The largest absolute Gasteiger partial charge is 0.462 e. The van der Waals surface area contributed by atoms with E-state index in [1.807, 2.05) is 6.92 Å². The van der Waals surface area contributed by atoms with Gasteiger partial charge in [0.2, 0.25) is 0 Å². The van der Waals surface area contributed by atoms with E-state index in [2.05, 4.69) is 0 Å². The highest BCUT2D eigenvalue weighted by Gasteiger charge is 2.15. The van der Waals surface area contributed by atoms with Crippen LogP contribution in [0.25, 0.3) is 0 Å². The van der Waals surface area contributed by atoms with Gasteiger partial charge in [0.05, 0.1) is 23.2 Å². The molecule has 1 rings (SSSR count). The van der Waals surface area contributed by atoms with Crippen LogP contribution in [0.3, 0.4) is 0 Å². The Labute approximate surface area is 97.3 Å². The quantitative estimate of drug-likeness (QED) is 0.344. The van der Waals surface area contributed by atoms with Gasteiger partial charge in [-0.1, -0.05) is 13.3 Å². The lowest BCUT2D eigenvalue weighted by Crippen LogP contribution is -2.07. The van der Waals surface area contributed by atoms with Crippen LogP contribution < -0.4 is 0 Å². The molecule has 0 bridgehead atoms. The van der Waals surface area contributed by atoms with Crippen LogP contribution in [-0.4, -0.2) is 17.5 Å². The zero-order valence-corrected chi connectivity index (χ0v) is 9.31. The standard InChI is InChI=1S/C11H12FNO4/c1-2-3-4-17-11(14)8-5-9(12)7-10(6-8)13(15)16/h5-7H,2-4H2,1H3. The summed E-state index contributed by atoms with van der Waals surface area (Å²) in [5, 5.41) is 10.5. The summed E-state index contributed by atoms with van der Waals surface area (Å²) in [5.74, 6) is -1.58. The van der Waals surface area contributed by atoms with E-state index in [-0.39, 0.29) is 12.2 Å². The van der Waals surface area contributed by atoms with Gasteiger partial charge in [0.1, 0.15) is 5.82 Å². The predicted molar refractivity (Wildman–Crippen MR) is 58.2 cm³/mol. The Kier molecular flexibility index (Phi) is 4.56. The normalized spacial score (nSPS) is 10.0. The molecule has 0 spiro atoms. The first kappa shape index (κ1) is 13.1. The van der Waals surface area contributed by atoms with Gasteiger partial charge in [0.15, 0.2) is 0 Å². The number of unbranched alkanes of at least 4 members (excludes halogenated alkanes) is 1. The SMILES string of the molecule is CCCCOC(=O)c1cc(F)cc([N+](=O)[O-])c1. The van der Waals surface area contributed by atoms with Crippen LogP contribution in [0.5, 0.6) is 0 Å². The monoisotopic (exact) mass is 241 g/mol. The summed E-state index contributed by atoms with van der Waals surface area (Å²) in [6.45, 7) is 2.15. The lowest BCUT2D eigenvalue weighted by molar-refractivity contribution is -0.385. The summed E-state index contributed by atoms with van der Waals surface area (Å²) in [5.41, 5.74) is -0.611. The molecule has 0 atom stereocenters. The number of rotatable bonds is 5. The van der Waals surface area contributed by atoms with Crippen LogP contribution in [0.4, 0.5) is 10.1 Å². The van der Waals surface area contributed by atoms with Gasteiger partial charge in [-0.15, -0.1) is 0 Å². The van der Waals surface area contributed by atoms with Crippen molar-refractivity contribution in [1.29, 1.82) is 0 Å². The van der Waals surface area contributed by atoms with Crippen molar-refractivity contribution in [2.75, 3.05) is 6.61 Å². The van der Waals surface area contributed by atoms with Crippen LogP contribution in [0, 0.1) is 15.9 Å². The second-order valence-electron chi connectivity index (χ2n) is 3.44. The van der Waals surface area contributed by atoms with E-state index in [4.69, 9.17) is 4.74 Å². The molecule has 0 N–H and O–H groups in total. The number of hydrogen-bond donors (Lipinski definition) is 0. The fraction of sp³-hybridized carbons (Fsp3) is 0.364. The second-order valence-corrected chi connectivity index (χ2v) is 3.44. The fourth-order valence-corrected chi connectivity index (χ4v) is 1.19. The number of hydrogen-bond acceptors (Lipinski definition) is 4. The van der Waals surface area contributed by atoms with E-state index in [1.54, 1.807) is 0 Å². The number of halogens is 1. The number of non-ortho nitro benzene ring substituents is 1. The minimum absolute atomic E-state index is 0.146. The molecule has 1 aromatic carbocycles. The molecular formula is C11H12FNO4. The minimum Gasteiger partial charge on any atom is -0.462 e. The Morgan fingerprint density at radius 3 is 2.76 bits per heavy atom. The van der Waals surface area contributed by atoms with E-state index in [0.717, 1.165) is 24.6 Å². The number of nitrogens with zero attached hydrogens (tertiary/aromatic N) is 1. The highest BCUT2D eigenvalue weighted by atomic mass is 19.1. The van der Waals surface area contributed by atoms with Crippen molar-refractivity contribution in [2.45, 2.75) is 19.8 Å². The van der Waals surface area contributed by atoms with Crippen molar-refractivity contribution in [2.24, 2.45) is 0 Å². The zero-order valence-electron chi connectivity index (χ0n) is 9.31. The molecule has 1 aromatic rings. The number of benzene rings is 1. The molecule has 0 aliphatic rings. The number of nitro groups is 1. The third-order valence-electron chi connectivity index (χ3n) is 2.06. The molecular weight excluding hydrogens is 229 g/mol. The van der Waals surface area contributed by atoms with Crippen LogP contribution in [-0.2, 0) is 4.74 Å². The second kappa shape index (κ2) is 5.93. The molecule has 0 aliphatic carbocycles. The van der Waals surface area contributed by atoms with Gasteiger partial charge in [0, 0.05) is 6.07 Å². The smallest absolute Gasteiger partial charge is 0.338 e. The van der Waals surface area contributed by atoms with Crippen LogP contribution in [0.15, 0.2) is 18.2 Å². The Morgan fingerprint density at radius 2 is 2.18 bits per heavy atom. The number of ether oxygens (including phenoxy) is 1. The molecule has 0 unspecified atom stereocenters. The highest BCUT2D eigenvalue weighted by Crippen LogP contribution is 2.17. The average molecular weight is 241 g/mol. The summed E-state index contributed by atoms with van der Waals surface area (Å²) in [7, 11) is 0. The molecule has 17 heavy (non-hydrogen) atoms. The molecule has 92 valence electrons. The van der Waals surface area contributed by atoms with Crippen LogP contribution in [0.1, 0.15) is 30.1 Å². The van der Waals surface area contributed by atoms with Crippen LogP contribution in [0.2, 0.25) is 0 Å². The summed E-state index contributed by atoms with van der Waals surface area (Å²) < 4.78 is 17.9. The first-order chi connectivity index (χ1) is 8.04. The topological polar surface area (TPSA) is 69.4 Å². The van der Waals surface area contributed by atoms with Gasteiger partial charge < -0.3 is 4.74 Å². The van der Waals surface area contributed by atoms with E-state index in [0.29, 0.717) is 6.42 Å². The van der Waals surface area contributed by atoms with Gasteiger partial charge >= 0.3 is 5.97 Å². The number of nitro benzene ring substituents is 1. The molecule has 0 radical (unpaired) electrons. The van der Waals surface area contributed by atoms with Gasteiger partial charge in [0.25, 0.3) is 5.69 Å². The molecule has 6 heteroatoms. The van der Waals surface area contributed by atoms with Gasteiger partial charge in [-0.2, -0.15) is 0 Å². The van der Waals surface area contributed by atoms with Crippen molar-refractivity contribution in [3.05, 3.63) is 39.7 Å². The Balaban J connectivity index is 2.82. The first-order valence-corrected chi connectivity index (χ1v) is 5.16.